The smallest absolute Gasteiger partial charge is 0.337 e. The third kappa shape index (κ3) is 5.24. The highest BCUT2D eigenvalue weighted by Crippen LogP contribution is 2.17. The normalized spacial score (nSPS) is 20.8. The third-order valence-electron chi connectivity index (χ3n) is 4.20. The number of aliphatic carboxylic acids is 1. The van der Waals surface area contributed by atoms with E-state index in [4.69, 9.17) is 14.6 Å². The maximum absolute atomic E-state index is 12.4. The number of aliphatic imine (C=N–C) groups is 1. The average Bonchev–Trinajstić information content (AvgIpc) is 3.22. The summed E-state index contributed by atoms with van der Waals surface area (Å²) in [7, 11) is 0. The van der Waals surface area contributed by atoms with Crippen molar-refractivity contribution >= 4 is 29.1 Å². The maximum Gasteiger partial charge on any atom is 0.337 e. The number of hydrogen-bond donors (Lipinski definition) is 2. The van der Waals surface area contributed by atoms with Crippen LogP contribution in [0.4, 0.5) is 0 Å². The number of ether oxygens (including phenoxy) is 2. The zero-order chi connectivity index (χ0) is 19.9. The molecule has 0 aromatic carbocycles. The second-order valence-electron chi connectivity index (χ2n) is 6.15. The van der Waals surface area contributed by atoms with Gasteiger partial charge in [0.2, 0.25) is 0 Å². The Bertz CT molecular complexity index is 803. The lowest BCUT2D eigenvalue weighted by atomic mass is 10.1. The molecular formula is C18H22N4O5S. The van der Waals surface area contributed by atoms with Gasteiger partial charge in [-0.3, -0.25) is 9.89 Å². The summed E-state index contributed by atoms with van der Waals surface area (Å²) in [5.74, 6) is -0.762. The molecule has 1 atom stereocenters. The number of thiazole rings is 1. The number of carboxylic acid groups (broad SMARTS) is 1. The molecule has 150 valence electrons. The van der Waals surface area contributed by atoms with Crippen LogP contribution in [0.25, 0.3) is 0 Å². The summed E-state index contributed by atoms with van der Waals surface area (Å²) in [6.07, 6.45) is 4.01. The van der Waals surface area contributed by atoms with Crippen molar-refractivity contribution in [2.24, 2.45) is 4.99 Å². The van der Waals surface area contributed by atoms with Crippen LogP contribution in [0.1, 0.15) is 11.9 Å². The molecule has 2 N–H and O–H groups in total. The van der Waals surface area contributed by atoms with Gasteiger partial charge in [0.05, 0.1) is 31.4 Å². The largest absolute Gasteiger partial charge is 0.478 e. The molecule has 2 aliphatic rings. The van der Waals surface area contributed by atoms with Gasteiger partial charge < -0.3 is 19.9 Å². The standard InChI is InChI=1S/C18H22N4O5S/c1-2-26-18(25)13-9-20-16(17-19-5-8-28-17)21-14(13)11-22-6-7-27-12(10-22)3-4-15(23)24/h3-5,8,12H,2,6-7,9-11H2,1H3,(H,20,21)(H,23,24)/b4-3+/t12-/m1/s1. The van der Waals surface area contributed by atoms with Crippen molar-refractivity contribution in [3.8, 4) is 0 Å². The first-order chi connectivity index (χ1) is 13.6. The average molecular weight is 406 g/mol. The first kappa shape index (κ1) is 20.2. The number of esters is 1. The van der Waals surface area contributed by atoms with Crippen molar-refractivity contribution in [2.45, 2.75) is 13.0 Å². The molecule has 1 fully saturated rings. The Kier molecular flexibility index (Phi) is 6.90. The number of nitrogens with zero attached hydrogens (tertiary/aromatic N) is 3. The summed E-state index contributed by atoms with van der Waals surface area (Å²) in [5.41, 5.74) is 1.22. The van der Waals surface area contributed by atoms with Crippen molar-refractivity contribution in [1.29, 1.82) is 0 Å². The number of carboxylic acids is 1. The first-order valence-electron chi connectivity index (χ1n) is 8.92. The predicted octanol–water partition coefficient (Wildman–Crippen LogP) is 0.652. The van der Waals surface area contributed by atoms with Crippen LogP contribution in [0.2, 0.25) is 0 Å². The maximum atomic E-state index is 12.4. The molecule has 1 saturated heterocycles. The first-order valence-corrected chi connectivity index (χ1v) is 9.80. The molecule has 0 bridgehead atoms. The molecule has 0 radical (unpaired) electrons. The van der Waals surface area contributed by atoms with Crippen LogP contribution in [0.15, 0.2) is 40.0 Å². The van der Waals surface area contributed by atoms with E-state index in [2.05, 4.69) is 20.2 Å². The highest BCUT2D eigenvalue weighted by atomic mass is 32.1. The molecule has 0 aliphatic carbocycles. The Morgan fingerprint density at radius 2 is 2.39 bits per heavy atom. The van der Waals surface area contributed by atoms with E-state index in [1.807, 2.05) is 5.38 Å². The van der Waals surface area contributed by atoms with Crippen molar-refractivity contribution in [1.82, 2.24) is 15.2 Å². The lowest BCUT2D eigenvalue weighted by molar-refractivity contribution is -0.138. The van der Waals surface area contributed by atoms with E-state index in [9.17, 15) is 9.59 Å². The van der Waals surface area contributed by atoms with Crippen molar-refractivity contribution in [2.75, 3.05) is 39.4 Å². The monoisotopic (exact) mass is 406 g/mol. The van der Waals surface area contributed by atoms with Crippen LogP contribution in [-0.4, -0.2) is 78.3 Å². The summed E-state index contributed by atoms with van der Waals surface area (Å²) in [6.45, 7) is 4.42. The number of amidine groups is 1. The molecule has 1 aromatic heterocycles. The van der Waals surface area contributed by atoms with Crippen LogP contribution in [-0.2, 0) is 19.1 Å². The van der Waals surface area contributed by atoms with Gasteiger partial charge in [0, 0.05) is 43.0 Å². The fraction of sp³-hybridized carbons (Fsp3) is 0.444. The van der Waals surface area contributed by atoms with Crippen molar-refractivity contribution < 1.29 is 24.2 Å². The Labute approximate surface area is 166 Å². The van der Waals surface area contributed by atoms with E-state index < -0.39 is 5.97 Å². The van der Waals surface area contributed by atoms with Gasteiger partial charge in [-0.05, 0) is 13.0 Å². The zero-order valence-electron chi connectivity index (χ0n) is 15.5. The Balaban J connectivity index is 1.74. The number of hydrogen-bond acceptors (Lipinski definition) is 9. The van der Waals surface area contributed by atoms with Crippen LogP contribution >= 0.6 is 11.3 Å². The molecule has 0 saturated carbocycles. The number of carbonyl (C=O) groups is 2. The molecule has 3 heterocycles. The van der Waals surface area contributed by atoms with E-state index in [0.717, 1.165) is 16.8 Å². The Morgan fingerprint density at radius 1 is 1.54 bits per heavy atom. The van der Waals surface area contributed by atoms with Crippen molar-refractivity contribution in [3.05, 3.63) is 40.0 Å². The van der Waals surface area contributed by atoms with E-state index in [-0.39, 0.29) is 25.2 Å². The molecule has 3 rings (SSSR count). The quantitative estimate of drug-likeness (QED) is 0.501. The lowest BCUT2D eigenvalue weighted by Gasteiger charge is -2.33. The van der Waals surface area contributed by atoms with Crippen LogP contribution < -0.4 is 5.32 Å². The Morgan fingerprint density at radius 3 is 3.11 bits per heavy atom. The summed E-state index contributed by atoms with van der Waals surface area (Å²) >= 11 is 1.47. The fourth-order valence-corrected chi connectivity index (χ4v) is 3.52. The topological polar surface area (TPSA) is 113 Å². The summed E-state index contributed by atoms with van der Waals surface area (Å²) in [6, 6.07) is 0. The number of nitrogens with one attached hydrogen (secondary N) is 1. The predicted molar refractivity (Wildman–Crippen MR) is 103 cm³/mol. The Hall–Kier alpha value is -2.56. The zero-order valence-corrected chi connectivity index (χ0v) is 16.3. The minimum Gasteiger partial charge on any atom is -0.478 e. The van der Waals surface area contributed by atoms with Gasteiger partial charge in [-0.25, -0.2) is 14.6 Å². The van der Waals surface area contributed by atoms with Gasteiger partial charge in [-0.2, -0.15) is 0 Å². The van der Waals surface area contributed by atoms with Gasteiger partial charge in [-0.15, -0.1) is 11.3 Å². The van der Waals surface area contributed by atoms with E-state index in [1.54, 1.807) is 13.1 Å². The molecule has 28 heavy (non-hydrogen) atoms. The van der Waals surface area contributed by atoms with Gasteiger partial charge in [0.25, 0.3) is 0 Å². The van der Waals surface area contributed by atoms with Gasteiger partial charge in [-0.1, -0.05) is 0 Å². The number of carbonyl (C=O) groups excluding carboxylic acids is 1. The third-order valence-corrected chi connectivity index (χ3v) is 4.98. The second kappa shape index (κ2) is 9.58. The number of rotatable bonds is 7. The molecule has 2 aliphatic heterocycles. The van der Waals surface area contributed by atoms with Crippen LogP contribution in [0.5, 0.6) is 0 Å². The fourth-order valence-electron chi connectivity index (χ4n) is 2.92. The van der Waals surface area contributed by atoms with Gasteiger partial charge in [0.15, 0.2) is 10.8 Å². The summed E-state index contributed by atoms with van der Waals surface area (Å²) in [5, 5.41) is 14.7. The molecule has 0 amide bonds. The summed E-state index contributed by atoms with van der Waals surface area (Å²) in [4.78, 5) is 33.9. The highest BCUT2D eigenvalue weighted by molar-refractivity contribution is 7.11. The van der Waals surface area contributed by atoms with E-state index in [1.165, 1.54) is 17.4 Å². The van der Waals surface area contributed by atoms with Crippen LogP contribution in [0.3, 0.4) is 0 Å². The molecule has 0 unspecified atom stereocenters. The van der Waals surface area contributed by atoms with Gasteiger partial charge in [0.1, 0.15) is 0 Å². The molecule has 9 nitrogen and oxygen atoms in total. The van der Waals surface area contributed by atoms with E-state index in [0.29, 0.717) is 37.6 Å². The summed E-state index contributed by atoms with van der Waals surface area (Å²) < 4.78 is 10.8. The highest BCUT2D eigenvalue weighted by Gasteiger charge is 2.27. The molecule has 10 heteroatoms. The second-order valence-corrected chi connectivity index (χ2v) is 7.04. The SMILES string of the molecule is CCOC(=O)C1=C(CN2CCO[C@H](/C=C/C(=O)O)C2)NC(c2nccs2)=NC1. The van der Waals surface area contributed by atoms with Gasteiger partial charge >= 0.3 is 11.9 Å². The molecule has 0 spiro atoms. The minimum absolute atomic E-state index is 0.225. The van der Waals surface area contributed by atoms with Crippen molar-refractivity contribution in [3.63, 3.8) is 0 Å². The lowest BCUT2D eigenvalue weighted by Crippen LogP contribution is -2.45. The molecule has 1 aromatic rings. The van der Waals surface area contributed by atoms with Crippen LogP contribution in [0, 0.1) is 0 Å². The van der Waals surface area contributed by atoms with E-state index >= 15 is 0 Å². The number of aromatic nitrogens is 1. The minimum atomic E-state index is -1.01. The molecular weight excluding hydrogens is 384 g/mol. The number of morpholine rings is 1.